The van der Waals surface area contributed by atoms with Crippen molar-refractivity contribution in [1.82, 2.24) is 4.90 Å². The Hall–Kier alpha value is -0.290. The Labute approximate surface area is 113 Å². The van der Waals surface area contributed by atoms with Gasteiger partial charge in [-0.2, -0.15) is 13.2 Å². The van der Waals surface area contributed by atoms with Gasteiger partial charge in [0.15, 0.2) is 0 Å². The second kappa shape index (κ2) is 6.00. The highest BCUT2D eigenvalue weighted by atomic mass is 19.4. The topological polar surface area (TPSA) is 29.3 Å². The molecule has 0 aromatic carbocycles. The third-order valence-electron chi connectivity index (χ3n) is 5.02. The SMILES string of the molecule is CCC1CCC(N)C(N2CCC(C(F)(F)F)CC2)C1. The lowest BCUT2D eigenvalue weighted by Crippen LogP contribution is -2.54. The molecule has 3 unspecified atom stereocenters. The van der Waals surface area contributed by atoms with Crippen molar-refractivity contribution in [2.75, 3.05) is 13.1 Å². The largest absolute Gasteiger partial charge is 0.391 e. The molecule has 2 nitrogen and oxygen atoms in total. The van der Waals surface area contributed by atoms with Crippen LogP contribution in [-0.2, 0) is 0 Å². The van der Waals surface area contributed by atoms with Crippen molar-refractivity contribution in [3.05, 3.63) is 0 Å². The van der Waals surface area contributed by atoms with E-state index in [1.54, 1.807) is 0 Å². The van der Waals surface area contributed by atoms with Crippen LogP contribution in [-0.4, -0.2) is 36.2 Å². The van der Waals surface area contributed by atoms with E-state index in [9.17, 15) is 13.2 Å². The first-order valence-corrected chi connectivity index (χ1v) is 7.48. The van der Waals surface area contributed by atoms with Gasteiger partial charge in [-0.15, -0.1) is 0 Å². The molecule has 1 aliphatic carbocycles. The Morgan fingerprint density at radius 1 is 1.11 bits per heavy atom. The van der Waals surface area contributed by atoms with Crippen molar-refractivity contribution in [1.29, 1.82) is 0 Å². The summed E-state index contributed by atoms with van der Waals surface area (Å²) in [5, 5.41) is 0. The number of halogens is 3. The average molecular weight is 278 g/mol. The first-order chi connectivity index (χ1) is 8.91. The zero-order valence-electron chi connectivity index (χ0n) is 11.6. The van der Waals surface area contributed by atoms with Crippen LogP contribution >= 0.6 is 0 Å². The maximum absolute atomic E-state index is 12.7. The minimum Gasteiger partial charge on any atom is -0.326 e. The molecule has 0 radical (unpaired) electrons. The first kappa shape index (κ1) is 15.1. The normalized spacial score (nSPS) is 35.5. The van der Waals surface area contributed by atoms with Gasteiger partial charge < -0.3 is 5.73 Å². The summed E-state index contributed by atoms with van der Waals surface area (Å²) in [6.45, 7) is 3.30. The van der Waals surface area contributed by atoms with Gasteiger partial charge in [0.2, 0.25) is 0 Å². The van der Waals surface area contributed by atoms with E-state index in [1.807, 2.05) is 0 Å². The number of nitrogens with two attached hydrogens (primary N) is 1. The molecule has 0 bridgehead atoms. The summed E-state index contributed by atoms with van der Waals surface area (Å²) in [5.41, 5.74) is 6.18. The average Bonchev–Trinajstić information content (AvgIpc) is 2.38. The molecule has 2 aliphatic rings. The molecule has 0 aromatic heterocycles. The molecule has 0 amide bonds. The smallest absolute Gasteiger partial charge is 0.326 e. The molecule has 1 saturated carbocycles. The molecule has 19 heavy (non-hydrogen) atoms. The zero-order valence-corrected chi connectivity index (χ0v) is 11.6. The molecule has 1 heterocycles. The molecule has 3 atom stereocenters. The summed E-state index contributed by atoms with van der Waals surface area (Å²) in [4.78, 5) is 2.22. The Kier molecular flexibility index (Phi) is 4.77. The zero-order chi connectivity index (χ0) is 14.0. The van der Waals surface area contributed by atoms with Crippen LogP contribution in [0.4, 0.5) is 13.2 Å². The molecule has 112 valence electrons. The number of likely N-dealkylation sites (tertiary alicyclic amines) is 1. The van der Waals surface area contributed by atoms with Crippen LogP contribution in [0.15, 0.2) is 0 Å². The molecule has 2 N–H and O–H groups in total. The minimum absolute atomic E-state index is 0.144. The number of hydrogen-bond acceptors (Lipinski definition) is 2. The maximum Gasteiger partial charge on any atom is 0.391 e. The van der Waals surface area contributed by atoms with Crippen LogP contribution in [0.2, 0.25) is 0 Å². The van der Waals surface area contributed by atoms with Gasteiger partial charge in [-0.25, -0.2) is 0 Å². The fourth-order valence-electron chi connectivity index (χ4n) is 3.60. The monoisotopic (exact) mass is 278 g/mol. The third kappa shape index (κ3) is 3.63. The van der Waals surface area contributed by atoms with Gasteiger partial charge in [-0.05, 0) is 51.1 Å². The van der Waals surface area contributed by atoms with E-state index in [1.165, 1.54) is 6.42 Å². The summed E-state index contributed by atoms with van der Waals surface area (Å²) in [6, 6.07) is 0.443. The molecule has 0 aromatic rings. The van der Waals surface area contributed by atoms with E-state index >= 15 is 0 Å². The van der Waals surface area contributed by atoms with Crippen molar-refractivity contribution >= 4 is 0 Å². The lowest BCUT2D eigenvalue weighted by Gasteiger charge is -2.44. The molecule has 1 aliphatic heterocycles. The Morgan fingerprint density at radius 3 is 2.26 bits per heavy atom. The van der Waals surface area contributed by atoms with Gasteiger partial charge >= 0.3 is 6.18 Å². The number of hydrogen-bond donors (Lipinski definition) is 1. The van der Waals surface area contributed by atoms with Crippen LogP contribution in [0.25, 0.3) is 0 Å². The van der Waals surface area contributed by atoms with Crippen molar-refractivity contribution < 1.29 is 13.2 Å². The van der Waals surface area contributed by atoms with Crippen LogP contribution in [0.1, 0.15) is 45.4 Å². The molecule has 5 heteroatoms. The number of rotatable bonds is 2. The van der Waals surface area contributed by atoms with E-state index in [2.05, 4.69) is 11.8 Å². The van der Waals surface area contributed by atoms with Gasteiger partial charge in [-0.1, -0.05) is 13.3 Å². The molecule has 2 rings (SSSR count). The standard InChI is InChI=1S/C14H25F3N2/c1-2-10-3-4-12(18)13(9-10)19-7-5-11(6-8-19)14(15,16)17/h10-13H,2-9,18H2,1H3. The van der Waals surface area contributed by atoms with E-state index in [4.69, 9.17) is 5.73 Å². The third-order valence-corrected chi connectivity index (χ3v) is 5.02. The fraction of sp³-hybridized carbons (Fsp3) is 1.00. The summed E-state index contributed by atoms with van der Waals surface area (Å²) in [7, 11) is 0. The molecule has 1 saturated heterocycles. The van der Waals surface area contributed by atoms with Crippen LogP contribution in [0, 0.1) is 11.8 Å². The van der Waals surface area contributed by atoms with Crippen LogP contribution in [0.3, 0.4) is 0 Å². The predicted molar refractivity (Wildman–Crippen MR) is 69.7 cm³/mol. The van der Waals surface area contributed by atoms with E-state index < -0.39 is 12.1 Å². The van der Waals surface area contributed by atoms with Crippen molar-refractivity contribution in [3.63, 3.8) is 0 Å². The summed E-state index contributed by atoms with van der Waals surface area (Å²) >= 11 is 0. The molecule has 0 spiro atoms. The Morgan fingerprint density at radius 2 is 1.74 bits per heavy atom. The van der Waals surface area contributed by atoms with Gasteiger partial charge in [0.1, 0.15) is 0 Å². The van der Waals surface area contributed by atoms with Gasteiger partial charge in [0.05, 0.1) is 5.92 Å². The lowest BCUT2D eigenvalue weighted by molar-refractivity contribution is -0.186. The maximum atomic E-state index is 12.7. The molecular formula is C14H25F3N2. The van der Waals surface area contributed by atoms with Crippen LogP contribution in [0.5, 0.6) is 0 Å². The highest BCUT2D eigenvalue weighted by Crippen LogP contribution is 2.37. The van der Waals surface area contributed by atoms with Crippen molar-refractivity contribution in [2.45, 2.75) is 63.7 Å². The highest BCUT2D eigenvalue weighted by Gasteiger charge is 2.43. The van der Waals surface area contributed by atoms with Gasteiger partial charge in [0.25, 0.3) is 0 Å². The van der Waals surface area contributed by atoms with E-state index in [0.29, 0.717) is 25.0 Å². The minimum atomic E-state index is -4.02. The second-order valence-electron chi connectivity index (χ2n) is 6.17. The van der Waals surface area contributed by atoms with Crippen molar-refractivity contribution in [3.8, 4) is 0 Å². The first-order valence-electron chi connectivity index (χ1n) is 7.48. The fourth-order valence-corrected chi connectivity index (χ4v) is 3.60. The predicted octanol–water partition coefficient (Wildman–Crippen LogP) is 3.17. The van der Waals surface area contributed by atoms with E-state index in [-0.39, 0.29) is 18.9 Å². The molecular weight excluding hydrogens is 253 g/mol. The number of piperidine rings is 1. The Balaban J connectivity index is 1.89. The quantitative estimate of drug-likeness (QED) is 0.840. The summed E-state index contributed by atoms with van der Waals surface area (Å²) in [5.74, 6) is -0.407. The number of nitrogens with zero attached hydrogens (tertiary/aromatic N) is 1. The van der Waals surface area contributed by atoms with Crippen molar-refractivity contribution in [2.24, 2.45) is 17.6 Å². The number of alkyl halides is 3. The van der Waals surface area contributed by atoms with Crippen LogP contribution < -0.4 is 5.73 Å². The van der Waals surface area contributed by atoms with Gasteiger partial charge in [0, 0.05) is 12.1 Å². The Bertz CT molecular complexity index is 285. The summed E-state index contributed by atoms with van der Waals surface area (Å²) < 4.78 is 38.0. The van der Waals surface area contributed by atoms with Gasteiger partial charge in [-0.3, -0.25) is 4.90 Å². The molecule has 2 fully saturated rings. The lowest BCUT2D eigenvalue weighted by atomic mass is 9.79. The second-order valence-corrected chi connectivity index (χ2v) is 6.17. The summed E-state index contributed by atoms with van der Waals surface area (Å²) in [6.07, 6.45) is 0.867. The highest BCUT2D eigenvalue weighted by molar-refractivity contribution is 4.91. The van der Waals surface area contributed by atoms with E-state index in [0.717, 1.165) is 19.3 Å².